The highest BCUT2D eigenvalue weighted by atomic mass is 19.1. The molecule has 2 N–H and O–H groups in total. The standard InChI is InChI=1S/C23H24FN3O4/c1-14(2)21(13-28)25-22(29)19-12-20(15-7-9-18(31-3)10-8-15)26-27(23(19)30)17-6-4-5-16(24)11-17/h4-12,14,21,28H,13H2,1-3H3,(H,25,29)/t21-/m1/s1. The van der Waals surface area contributed by atoms with E-state index in [1.54, 1.807) is 31.4 Å². The van der Waals surface area contributed by atoms with E-state index >= 15 is 0 Å². The van der Waals surface area contributed by atoms with Crippen molar-refractivity contribution in [3.8, 4) is 22.7 Å². The molecule has 1 heterocycles. The van der Waals surface area contributed by atoms with Crippen molar-refractivity contribution < 1.29 is 19.0 Å². The van der Waals surface area contributed by atoms with Gasteiger partial charge in [-0.3, -0.25) is 9.59 Å². The summed E-state index contributed by atoms with van der Waals surface area (Å²) in [7, 11) is 1.55. The van der Waals surface area contributed by atoms with Gasteiger partial charge in [0.05, 0.1) is 31.1 Å². The predicted octanol–water partition coefficient (Wildman–Crippen LogP) is 2.79. The van der Waals surface area contributed by atoms with Gasteiger partial charge in [0.1, 0.15) is 17.1 Å². The fourth-order valence-electron chi connectivity index (χ4n) is 3.01. The van der Waals surface area contributed by atoms with Gasteiger partial charge >= 0.3 is 0 Å². The Labute approximate surface area is 179 Å². The molecule has 8 heteroatoms. The van der Waals surface area contributed by atoms with Crippen LogP contribution in [-0.2, 0) is 0 Å². The zero-order valence-electron chi connectivity index (χ0n) is 17.5. The molecule has 1 amide bonds. The van der Waals surface area contributed by atoms with Crippen molar-refractivity contribution >= 4 is 5.91 Å². The molecular weight excluding hydrogens is 401 g/mol. The maximum Gasteiger partial charge on any atom is 0.284 e. The third kappa shape index (κ3) is 4.97. The molecule has 162 valence electrons. The third-order valence-corrected chi connectivity index (χ3v) is 4.91. The number of ether oxygens (including phenoxy) is 1. The van der Waals surface area contributed by atoms with Crippen molar-refractivity contribution in [3.63, 3.8) is 0 Å². The molecule has 0 aliphatic rings. The number of halogens is 1. The fourth-order valence-corrected chi connectivity index (χ4v) is 3.01. The molecule has 0 radical (unpaired) electrons. The third-order valence-electron chi connectivity index (χ3n) is 4.91. The summed E-state index contributed by atoms with van der Waals surface area (Å²) in [6.07, 6.45) is 0. The van der Waals surface area contributed by atoms with Crippen LogP contribution in [0.25, 0.3) is 16.9 Å². The van der Waals surface area contributed by atoms with Gasteiger partial charge in [-0.1, -0.05) is 19.9 Å². The molecule has 3 aromatic rings. The summed E-state index contributed by atoms with van der Waals surface area (Å²) >= 11 is 0. The van der Waals surface area contributed by atoms with Crippen molar-refractivity contribution in [1.82, 2.24) is 15.1 Å². The average Bonchev–Trinajstić information content (AvgIpc) is 2.77. The molecule has 1 atom stereocenters. The molecule has 0 saturated heterocycles. The number of hydrogen-bond acceptors (Lipinski definition) is 5. The summed E-state index contributed by atoms with van der Waals surface area (Å²) < 4.78 is 20.0. The Bertz CT molecular complexity index is 1130. The summed E-state index contributed by atoms with van der Waals surface area (Å²) in [5.41, 5.74) is 0.325. The van der Waals surface area contributed by atoms with E-state index in [1.165, 1.54) is 30.3 Å². The second-order valence-corrected chi connectivity index (χ2v) is 7.38. The molecule has 1 aromatic heterocycles. The number of hydrogen-bond donors (Lipinski definition) is 2. The maximum atomic E-state index is 13.8. The summed E-state index contributed by atoms with van der Waals surface area (Å²) in [4.78, 5) is 26.0. The lowest BCUT2D eigenvalue weighted by molar-refractivity contribution is 0.0894. The number of methoxy groups -OCH3 is 1. The first-order chi connectivity index (χ1) is 14.8. The SMILES string of the molecule is COc1ccc(-c2cc(C(=O)N[C@H](CO)C(C)C)c(=O)n(-c3cccc(F)c3)n2)cc1. The Morgan fingerprint density at radius 3 is 2.48 bits per heavy atom. The van der Waals surface area contributed by atoms with Crippen molar-refractivity contribution in [2.24, 2.45) is 5.92 Å². The van der Waals surface area contributed by atoms with Crippen LogP contribution in [0.1, 0.15) is 24.2 Å². The quantitative estimate of drug-likeness (QED) is 0.607. The van der Waals surface area contributed by atoms with Gasteiger partial charge in [0, 0.05) is 5.56 Å². The number of nitrogens with zero attached hydrogens (tertiary/aromatic N) is 2. The fraction of sp³-hybridized carbons (Fsp3) is 0.261. The number of aliphatic hydroxyl groups is 1. The number of rotatable bonds is 7. The monoisotopic (exact) mass is 425 g/mol. The molecule has 0 aliphatic carbocycles. The van der Waals surface area contributed by atoms with Gasteiger partial charge in [-0.2, -0.15) is 9.78 Å². The van der Waals surface area contributed by atoms with Gasteiger partial charge in [-0.05, 0) is 54.4 Å². The van der Waals surface area contributed by atoms with E-state index in [-0.39, 0.29) is 23.8 Å². The van der Waals surface area contributed by atoms with E-state index in [0.717, 1.165) is 4.68 Å². The number of carbonyl (C=O) groups is 1. The zero-order valence-corrected chi connectivity index (χ0v) is 17.5. The maximum absolute atomic E-state index is 13.8. The Hall–Kier alpha value is -3.52. The Kier molecular flexibility index (Phi) is 6.81. The molecule has 0 fully saturated rings. The summed E-state index contributed by atoms with van der Waals surface area (Å²) in [5, 5.41) is 16.6. The van der Waals surface area contributed by atoms with Gasteiger partial charge < -0.3 is 15.2 Å². The molecule has 3 rings (SSSR count). The average molecular weight is 425 g/mol. The van der Waals surface area contributed by atoms with E-state index in [1.807, 2.05) is 13.8 Å². The van der Waals surface area contributed by atoms with Crippen LogP contribution in [0.5, 0.6) is 5.75 Å². The van der Waals surface area contributed by atoms with Crippen molar-refractivity contribution in [2.45, 2.75) is 19.9 Å². The number of benzene rings is 2. The van der Waals surface area contributed by atoms with Crippen molar-refractivity contribution in [2.75, 3.05) is 13.7 Å². The molecule has 31 heavy (non-hydrogen) atoms. The van der Waals surface area contributed by atoms with Crippen LogP contribution >= 0.6 is 0 Å². The minimum absolute atomic E-state index is 0.0395. The molecule has 0 saturated carbocycles. The van der Waals surface area contributed by atoms with Crippen LogP contribution in [0.15, 0.2) is 59.4 Å². The largest absolute Gasteiger partial charge is 0.497 e. The van der Waals surface area contributed by atoms with E-state index in [9.17, 15) is 19.1 Å². The number of carbonyl (C=O) groups excluding carboxylic acids is 1. The first-order valence-corrected chi connectivity index (χ1v) is 9.80. The Morgan fingerprint density at radius 2 is 1.90 bits per heavy atom. The molecule has 0 bridgehead atoms. The second kappa shape index (κ2) is 9.53. The first kappa shape index (κ1) is 22.2. The lowest BCUT2D eigenvalue weighted by atomic mass is 10.0. The van der Waals surface area contributed by atoms with Crippen LogP contribution in [0.2, 0.25) is 0 Å². The minimum atomic E-state index is -0.694. The number of nitrogens with one attached hydrogen (secondary N) is 1. The van der Waals surface area contributed by atoms with Crippen LogP contribution in [0.3, 0.4) is 0 Å². The Balaban J connectivity index is 2.15. The molecule has 7 nitrogen and oxygen atoms in total. The number of amides is 1. The second-order valence-electron chi connectivity index (χ2n) is 7.38. The summed E-state index contributed by atoms with van der Waals surface area (Å²) in [6, 6.07) is 13.2. The molecular formula is C23H24FN3O4. The van der Waals surface area contributed by atoms with Crippen molar-refractivity contribution in [3.05, 3.63) is 76.3 Å². The zero-order chi connectivity index (χ0) is 22.5. The van der Waals surface area contributed by atoms with Gasteiger partial charge in [-0.25, -0.2) is 4.39 Å². The number of aromatic nitrogens is 2. The van der Waals surface area contributed by atoms with Crippen LogP contribution < -0.4 is 15.6 Å². The van der Waals surface area contributed by atoms with E-state index in [4.69, 9.17) is 4.74 Å². The van der Waals surface area contributed by atoms with E-state index < -0.39 is 23.3 Å². The topological polar surface area (TPSA) is 93.5 Å². The summed E-state index contributed by atoms with van der Waals surface area (Å²) in [5.74, 6) is -0.572. The van der Waals surface area contributed by atoms with E-state index in [0.29, 0.717) is 17.0 Å². The molecule has 2 aromatic carbocycles. The van der Waals surface area contributed by atoms with Gasteiger partial charge in [0.25, 0.3) is 11.5 Å². The highest BCUT2D eigenvalue weighted by Crippen LogP contribution is 2.21. The van der Waals surface area contributed by atoms with Crippen LogP contribution in [-0.4, -0.2) is 40.6 Å². The highest BCUT2D eigenvalue weighted by molar-refractivity contribution is 5.95. The van der Waals surface area contributed by atoms with Crippen LogP contribution in [0, 0.1) is 11.7 Å². The molecule has 0 aliphatic heterocycles. The lowest BCUT2D eigenvalue weighted by Crippen LogP contribution is -2.43. The minimum Gasteiger partial charge on any atom is -0.497 e. The lowest BCUT2D eigenvalue weighted by Gasteiger charge is -2.20. The first-order valence-electron chi connectivity index (χ1n) is 9.80. The highest BCUT2D eigenvalue weighted by Gasteiger charge is 2.21. The van der Waals surface area contributed by atoms with Gasteiger partial charge in [-0.15, -0.1) is 0 Å². The molecule has 0 spiro atoms. The van der Waals surface area contributed by atoms with Crippen LogP contribution in [0.4, 0.5) is 4.39 Å². The normalized spacial score (nSPS) is 11.9. The van der Waals surface area contributed by atoms with Gasteiger partial charge in [0.15, 0.2) is 0 Å². The Morgan fingerprint density at radius 1 is 1.19 bits per heavy atom. The predicted molar refractivity (Wildman–Crippen MR) is 115 cm³/mol. The molecule has 0 unspecified atom stereocenters. The smallest absolute Gasteiger partial charge is 0.284 e. The van der Waals surface area contributed by atoms with E-state index in [2.05, 4.69) is 10.4 Å². The van der Waals surface area contributed by atoms with Crippen molar-refractivity contribution in [1.29, 1.82) is 0 Å². The number of aliphatic hydroxyl groups excluding tert-OH is 1. The van der Waals surface area contributed by atoms with Gasteiger partial charge in [0.2, 0.25) is 0 Å². The summed E-state index contributed by atoms with van der Waals surface area (Å²) in [6.45, 7) is 3.43.